The summed E-state index contributed by atoms with van der Waals surface area (Å²) >= 11 is 0. The molecule has 0 radical (unpaired) electrons. The fourth-order valence-corrected chi connectivity index (χ4v) is 4.68. The molecule has 3 rings (SSSR count). The SMILES string of the molecule is COc1ccc(S(=O)(=O)c2c(C(=O)NO)cc(C)c(N)c2Cn2ccnc2)cc1. The lowest BCUT2D eigenvalue weighted by atomic mass is 10.0. The van der Waals surface area contributed by atoms with Crippen molar-refractivity contribution in [1.29, 1.82) is 0 Å². The van der Waals surface area contributed by atoms with Crippen LogP contribution in [0.15, 0.2) is 58.8 Å². The summed E-state index contributed by atoms with van der Waals surface area (Å²) in [6.45, 7) is 1.73. The van der Waals surface area contributed by atoms with Gasteiger partial charge in [0.15, 0.2) is 0 Å². The molecule has 3 aromatic rings. The van der Waals surface area contributed by atoms with Crippen molar-refractivity contribution in [2.75, 3.05) is 12.8 Å². The fourth-order valence-electron chi connectivity index (χ4n) is 3.01. The van der Waals surface area contributed by atoms with Crippen LogP contribution in [0.2, 0.25) is 0 Å². The van der Waals surface area contributed by atoms with E-state index in [0.29, 0.717) is 11.3 Å². The third-order valence-electron chi connectivity index (χ3n) is 4.51. The number of hydroxylamine groups is 1. The van der Waals surface area contributed by atoms with Gasteiger partial charge in [-0.15, -0.1) is 0 Å². The Morgan fingerprint density at radius 3 is 2.55 bits per heavy atom. The molecule has 0 saturated heterocycles. The zero-order valence-electron chi connectivity index (χ0n) is 15.8. The number of amides is 1. The number of nitrogen functional groups attached to an aromatic ring is 1. The quantitative estimate of drug-likeness (QED) is 0.316. The summed E-state index contributed by atoms with van der Waals surface area (Å²) in [4.78, 5) is 16.0. The minimum atomic E-state index is -4.16. The maximum Gasteiger partial charge on any atom is 0.275 e. The average molecular weight is 416 g/mol. The second-order valence-electron chi connectivity index (χ2n) is 6.32. The maximum absolute atomic E-state index is 13.5. The Hall–Kier alpha value is -3.37. The van der Waals surface area contributed by atoms with Gasteiger partial charge in [0.25, 0.3) is 5.91 Å². The average Bonchev–Trinajstić information content (AvgIpc) is 3.23. The maximum atomic E-state index is 13.5. The van der Waals surface area contributed by atoms with Crippen molar-refractivity contribution >= 4 is 21.4 Å². The Morgan fingerprint density at radius 2 is 2.00 bits per heavy atom. The third-order valence-corrected chi connectivity index (χ3v) is 6.41. The highest BCUT2D eigenvalue weighted by Crippen LogP contribution is 2.34. The van der Waals surface area contributed by atoms with Crippen molar-refractivity contribution in [1.82, 2.24) is 15.0 Å². The van der Waals surface area contributed by atoms with Gasteiger partial charge in [-0.3, -0.25) is 10.0 Å². The smallest absolute Gasteiger partial charge is 0.275 e. The Kier molecular flexibility index (Phi) is 5.57. The first-order chi connectivity index (χ1) is 13.8. The van der Waals surface area contributed by atoms with Crippen molar-refractivity contribution in [2.45, 2.75) is 23.3 Å². The number of nitrogens with one attached hydrogen (secondary N) is 1. The molecule has 0 spiro atoms. The lowest BCUT2D eigenvalue weighted by Crippen LogP contribution is -2.24. The Labute approximate surface area is 167 Å². The van der Waals surface area contributed by atoms with E-state index in [0.717, 1.165) is 0 Å². The van der Waals surface area contributed by atoms with Gasteiger partial charge < -0.3 is 15.0 Å². The van der Waals surface area contributed by atoms with Gasteiger partial charge in [0.2, 0.25) is 9.84 Å². The van der Waals surface area contributed by atoms with Gasteiger partial charge in [0.05, 0.1) is 35.3 Å². The summed E-state index contributed by atoms with van der Waals surface area (Å²) in [6.07, 6.45) is 4.71. The van der Waals surface area contributed by atoms with E-state index in [-0.39, 0.29) is 33.2 Å². The number of imidazole rings is 1. The number of aryl methyl sites for hydroxylation is 1. The third kappa shape index (κ3) is 3.80. The molecule has 0 aliphatic carbocycles. The van der Waals surface area contributed by atoms with E-state index in [1.165, 1.54) is 49.2 Å². The summed E-state index contributed by atoms with van der Waals surface area (Å²) in [5.74, 6) is -0.466. The number of aromatic nitrogens is 2. The van der Waals surface area contributed by atoms with E-state index >= 15 is 0 Å². The van der Waals surface area contributed by atoms with Crippen LogP contribution in [0.3, 0.4) is 0 Å². The first-order valence-electron chi connectivity index (χ1n) is 8.50. The van der Waals surface area contributed by atoms with Crippen LogP contribution < -0.4 is 16.0 Å². The molecule has 10 heteroatoms. The number of sulfone groups is 1. The number of nitrogens with two attached hydrogens (primary N) is 1. The zero-order valence-corrected chi connectivity index (χ0v) is 16.6. The molecule has 2 aromatic carbocycles. The monoisotopic (exact) mass is 416 g/mol. The largest absolute Gasteiger partial charge is 0.497 e. The van der Waals surface area contributed by atoms with Gasteiger partial charge in [-0.2, -0.15) is 0 Å². The van der Waals surface area contributed by atoms with Crippen molar-refractivity contribution in [3.8, 4) is 5.75 Å². The second kappa shape index (κ2) is 7.94. The van der Waals surface area contributed by atoms with Crippen LogP contribution >= 0.6 is 0 Å². The van der Waals surface area contributed by atoms with E-state index < -0.39 is 15.7 Å². The second-order valence-corrected chi connectivity index (χ2v) is 8.20. The summed E-state index contributed by atoms with van der Waals surface area (Å²) < 4.78 is 33.7. The summed E-state index contributed by atoms with van der Waals surface area (Å²) in [6, 6.07) is 7.11. The minimum absolute atomic E-state index is 0.0413. The first-order valence-corrected chi connectivity index (χ1v) is 9.99. The minimum Gasteiger partial charge on any atom is -0.497 e. The normalized spacial score (nSPS) is 11.3. The highest BCUT2D eigenvalue weighted by atomic mass is 32.2. The number of ether oxygens (including phenoxy) is 1. The molecule has 0 saturated carbocycles. The van der Waals surface area contributed by atoms with Crippen molar-refractivity contribution < 1.29 is 23.2 Å². The first kappa shape index (κ1) is 20.4. The summed E-state index contributed by atoms with van der Waals surface area (Å²) in [5.41, 5.74) is 8.50. The van der Waals surface area contributed by atoms with Crippen LogP contribution in [-0.2, 0) is 16.4 Å². The molecule has 152 valence electrons. The lowest BCUT2D eigenvalue weighted by molar-refractivity contribution is 0.0702. The van der Waals surface area contributed by atoms with Crippen LogP contribution in [-0.4, -0.2) is 36.2 Å². The van der Waals surface area contributed by atoms with Gasteiger partial charge in [-0.1, -0.05) is 0 Å². The highest BCUT2D eigenvalue weighted by molar-refractivity contribution is 7.91. The standard InChI is InChI=1S/C19H20N4O5S/c1-12-9-15(19(24)22-25)18(16(17(12)20)10-23-8-7-21-11-23)29(26,27)14-5-3-13(28-2)4-6-14/h3-9,11,25H,10,20H2,1-2H3,(H,22,24). The summed E-state index contributed by atoms with van der Waals surface area (Å²) in [7, 11) is -2.69. The topological polar surface area (TPSA) is 137 Å². The predicted octanol–water partition coefficient (Wildman–Crippen LogP) is 1.78. The number of carbonyl (C=O) groups excluding carboxylic acids is 1. The predicted molar refractivity (Wildman–Crippen MR) is 105 cm³/mol. The van der Waals surface area contributed by atoms with Gasteiger partial charge in [0, 0.05) is 23.6 Å². The van der Waals surface area contributed by atoms with Crippen LogP contribution in [0, 0.1) is 6.92 Å². The van der Waals surface area contributed by atoms with Crippen LogP contribution in [0.1, 0.15) is 21.5 Å². The molecular formula is C19H20N4O5S. The molecule has 0 fully saturated rings. The van der Waals surface area contributed by atoms with Crippen molar-refractivity contribution in [3.05, 3.63) is 65.7 Å². The number of methoxy groups -OCH3 is 1. The molecule has 1 aromatic heterocycles. The van der Waals surface area contributed by atoms with E-state index in [4.69, 9.17) is 15.7 Å². The lowest BCUT2D eigenvalue weighted by Gasteiger charge is -2.19. The van der Waals surface area contributed by atoms with Gasteiger partial charge in [0.1, 0.15) is 5.75 Å². The number of carbonyl (C=O) groups is 1. The Balaban J connectivity index is 2.31. The highest BCUT2D eigenvalue weighted by Gasteiger charge is 2.30. The zero-order chi connectivity index (χ0) is 21.2. The van der Waals surface area contributed by atoms with Crippen LogP contribution in [0.4, 0.5) is 5.69 Å². The Bertz CT molecular complexity index is 1140. The molecule has 0 aliphatic heterocycles. The molecule has 29 heavy (non-hydrogen) atoms. The molecule has 4 N–H and O–H groups in total. The van der Waals surface area contributed by atoms with E-state index in [1.807, 2.05) is 0 Å². The number of anilines is 1. The van der Waals surface area contributed by atoms with Crippen molar-refractivity contribution in [2.24, 2.45) is 0 Å². The van der Waals surface area contributed by atoms with Gasteiger partial charge >= 0.3 is 0 Å². The van der Waals surface area contributed by atoms with Crippen LogP contribution in [0.5, 0.6) is 5.75 Å². The van der Waals surface area contributed by atoms with Crippen molar-refractivity contribution in [3.63, 3.8) is 0 Å². The molecular weight excluding hydrogens is 396 g/mol. The molecule has 1 heterocycles. The number of benzene rings is 2. The molecule has 0 aliphatic rings. The number of rotatable bonds is 6. The number of hydrogen-bond acceptors (Lipinski definition) is 7. The molecule has 0 atom stereocenters. The number of nitrogens with zero attached hydrogens (tertiary/aromatic N) is 2. The van der Waals surface area contributed by atoms with Gasteiger partial charge in [-0.25, -0.2) is 18.9 Å². The number of hydrogen-bond donors (Lipinski definition) is 3. The van der Waals surface area contributed by atoms with E-state index in [1.54, 1.807) is 23.9 Å². The molecule has 0 unspecified atom stereocenters. The fraction of sp³-hybridized carbons (Fsp3) is 0.158. The molecule has 1 amide bonds. The Morgan fingerprint density at radius 1 is 1.31 bits per heavy atom. The molecule has 0 bridgehead atoms. The van der Waals surface area contributed by atoms with Gasteiger partial charge in [-0.05, 0) is 42.8 Å². The van der Waals surface area contributed by atoms with E-state index in [2.05, 4.69) is 4.98 Å². The summed E-state index contributed by atoms with van der Waals surface area (Å²) in [5, 5.41) is 9.17. The molecule has 9 nitrogen and oxygen atoms in total. The van der Waals surface area contributed by atoms with Crippen LogP contribution in [0.25, 0.3) is 0 Å². The van der Waals surface area contributed by atoms with E-state index in [9.17, 15) is 13.2 Å².